The Hall–Kier alpha value is -5.71. The van der Waals surface area contributed by atoms with Gasteiger partial charge < -0.3 is 40.7 Å². The average Bonchev–Trinajstić information content (AvgIpc) is 3.05. The highest BCUT2D eigenvalue weighted by molar-refractivity contribution is 5.93. The number of rotatable bonds is 16. The minimum atomic E-state index is -0.290. The minimum Gasteiger partial charge on any atom is -0.508 e. The molecule has 3 aromatic rings. The van der Waals surface area contributed by atoms with Gasteiger partial charge in [-0.15, -0.1) is 0 Å². The van der Waals surface area contributed by atoms with Gasteiger partial charge in [-0.1, -0.05) is 24.3 Å². The second kappa shape index (κ2) is 18.2. The standard InChI is InChI=1S/C35H39N3O8/c1-46-32-24-27(8-15-30(32)41)10-17-34(44)36-19-2-3-21-38(35(45)18-11-26-7-14-29(40)31(42)23-26)22-4-20-37-33(43)16-9-25-5-12-28(39)13-6-25/h5-18,23-24,39-42H,2-4,19-22H2,1H3,(H,36,44)(H,37,43)/b16-9+,17-10+,18-11+. The van der Waals surface area contributed by atoms with Crippen LogP contribution in [0.1, 0.15) is 36.0 Å². The molecule has 0 heterocycles. The van der Waals surface area contributed by atoms with Crippen LogP contribution in [0.5, 0.6) is 28.7 Å². The van der Waals surface area contributed by atoms with Gasteiger partial charge in [0, 0.05) is 44.4 Å². The fraction of sp³-hybridized carbons (Fsp3) is 0.229. The van der Waals surface area contributed by atoms with Gasteiger partial charge in [0.25, 0.3) is 0 Å². The predicted octanol–water partition coefficient (Wildman–Crippen LogP) is 4.19. The molecule has 46 heavy (non-hydrogen) atoms. The van der Waals surface area contributed by atoms with Crippen molar-refractivity contribution in [3.8, 4) is 28.7 Å². The third-order valence-corrected chi connectivity index (χ3v) is 6.74. The van der Waals surface area contributed by atoms with Crippen LogP contribution in [0.3, 0.4) is 0 Å². The first-order valence-corrected chi connectivity index (χ1v) is 14.7. The maximum Gasteiger partial charge on any atom is 0.246 e. The highest BCUT2D eigenvalue weighted by atomic mass is 16.5. The van der Waals surface area contributed by atoms with E-state index in [-0.39, 0.29) is 40.7 Å². The van der Waals surface area contributed by atoms with E-state index in [2.05, 4.69) is 10.6 Å². The number of benzene rings is 3. The van der Waals surface area contributed by atoms with E-state index in [1.54, 1.807) is 53.5 Å². The van der Waals surface area contributed by atoms with Gasteiger partial charge in [-0.25, -0.2) is 0 Å². The Kier molecular flexibility index (Phi) is 13.7. The molecule has 3 amide bonds. The molecule has 242 valence electrons. The van der Waals surface area contributed by atoms with E-state index >= 15 is 0 Å². The molecule has 0 fully saturated rings. The van der Waals surface area contributed by atoms with E-state index in [0.29, 0.717) is 62.3 Å². The summed E-state index contributed by atoms with van der Waals surface area (Å²) in [5, 5.41) is 43.9. The number of nitrogens with one attached hydrogen (secondary N) is 2. The summed E-state index contributed by atoms with van der Waals surface area (Å²) in [4.78, 5) is 39.1. The molecule has 0 atom stereocenters. The Morgan fingerprint density at radius 2 is 1.20 bits per heavy atom. The smallest absolute Gasteiger partial charge is 0.246 e. The van der Waals surface area contributed by atoms with Crippen LogP contribution in [0.4, 0.5) is 0 Å². The molecule has 0 aromatic heterocycles. The molecular weight excluding hydrogens is 590 g/mol. The Bertz CT molecular complexity index is 1560. The number of ether oxygens (including phenoxy) is 1. The molecule has 0 aliphatic carbocycles. The third-order valence-electron chi connectivity index (χ3n) is 6.74. The summed E-state index contributed by atoms with van der Waals surface area (Å²) in [6, 6.07) is 15.4. The van der Waals surface area contributed by atoms with Crippen molar-refractivity contribution in [2.24, 2.45) is 0 Å². The summed E-state index contributed by atoms with van der Waals surface area (Å²) in [5.74, 6) is -0.917. The number of aromatic hydroxyl groups is 4. The lowest BCUT2D eigenvalue weighted by Gasteiger charge is -2.21. The number of phenolic OH excluding ortho intramolecular Hbond substituents is 4. The fourth-order valence-corrected chi connectivity index (χ4v) is 4.21. The first kappa shape index (κ1) is 34.8. The van der Waals surface area contributed by atoms with E-state index in [0.717, 1.165) is 5.56 Å². The second-order valence-electron chi connectivity index (χ2n) is 10.2. The molecule has 6 N–H and O–H groups in total. The van der Waals surface area contributed by atoms with Crippen LogP contribution in [0.25, 0.3) is 18.2 Å². The zero-order valence-corrected chi connectivity index (χ0v) is 25.6. The van der Waals surface area contributed by atoms with Gasteiger partial charge in [0.1, 0.15) is 5.75 Å². The number of nitrogens with zero attached hydrogens (tertiary/aromatic N) is 1. The van der Waals surface area contributed by atoms with Crippen LogP contribution < -0.4 is 15.4 Å². The lowest BCUT2D eigenvalue weighted by molar-refractivity contribution is -0.126. The quantitative estimate of drug-likeness (QED) is 0.0779. The van der Waals surface area contributed by atoms with Gasteiger partial charge in [-0.2, -0.15) is 0 Å². The number of hydrogen-bond donors (Lipinski definition) is 6. The van der Waals surface area contributed by atoms with Gasteiger partial charge in [0.2, 0.25) is 17.7 Å². The number of carbonyl (C=O) groups is 3. The zero-order valence-electron chi connectivity index (χ0n) is 25.6. The van der Waals surface area contributed by atoms with Gasteiger partial charge in [-0.3, -0.25) is 14.4 Å². The molecule has 0 spiro atoms. The third kappa shape index (κ3) is 12.1. The lowest BCUT2D eigenvalue weighted by Crippen LogP contribution is -2.34. The van der Waals surface area contributed by atoms with E-state index in [9.17, 15) is 34.8 Å². The van der Waals surface area contributed by atoms with Crippen LogP contribution in [-0.2, 0) is 14.4 Å². The molecule has 3 aromatic carbocycles. The van der Waals surface area contributed by atoms with Gasteiger partial charge in [0.15, 0.2) is 23.0 Å². The van der Waals surface area contributed by atoms with Crippen LogP contribution in [0.15, 0.2) is 78.9 Å². The molecule has 0 saturated carbocycles. The average molecular weight is 630 g/mol. The molecule has 0 bridgehead atoms. The van der Waals surface area contributed by atoms with Crippen molar-refractivity contribution < 1.29 is 39.5 Å². The van der Waals surface area contributed by atoms with E-state index in [1.165, 1.54) is 55.7 Å². The molecule has 3 rings (SSSR count). The largest absolute Gasteiger partial charge is 0.508 e. The number of amides is 3. The zero-order chi connectivity index (χ0) is 33.3. The first-order valence-electron chi connectivity index (χ1n) is 14.7. The molecule has 0 radical (unpaired) electrons. The first-order chi connectivity index (χ1) is 22.1. The van der Waals surface area contributed by atoms with Crippen molar-refractivity contribution in [3.05, 3.63) is 95.6 Å². The number of phenols is 4. The lowest BCUT2D eigenvalue weighted by atomic mass is 10.2. The topological polar surface area (TPSA) is 169 Å². The van der Waals surface area contributed by atoms with Crippen molar-refractivity contribution in [1.82, 2.24) is 15.5 Å². The molecule has 0 saturated heterocycles. The van der Waals surface area contributed by atoms with Crippen LogP contribution in [0, 0.1) is 0 Å². The van der Waals surface area contributed by atoms with Crippen molar-refractivity contribution in [3.63, 3.8) is 0 Å². The highest BCUT2D eigenvalue weighted by Crippen LogP contribution is 2.27. The van der Waals surface area contributed by atoms with Gasteiger partial charge >= 0.3 is 0 Å². The second-order valence-corrected chi connectivity index (χ2v) is 10.2. The van der Waals surface area contributed by atoms with Crippen molar-refractivity contribution in [2.45, 2.75) is 19.3 Å². The summed E-state index contributed by atoms with van der Waals surface area (Å²) in [6.07, 6.45) is 10.7. The highest BCUT2D eigenvalue weighted by Gasteiger charge is 2.11. The summed E-state index contributed by atoms with van der Waals surface area (Å²) in [5.41, 5.74) is 2.00. The molecule has 0 unspecified atom stereocenters. The number of hydrogen-bond acceptors (Lipinski definition) is 8. The summed E-state index contributed by atoms with van der Waals surface area (Å²) < 4.78 is 5.07. The normalized spacial score (nSPS) is 11.2. The molecule has 11 heteroatoms. The molecule has 0 aliphatic rings. The Balaban J connectivity index is 1.48. The monoisotopic (exact) mass is 629 g/mol. The molecule has 11 nitrogen and oxygen atoms in total. The fourth-order valence-electron chi connectivity index (χ4n) is 4.21. The summed E-state index contributed by atoms with van der Waals surface area (Å²) in [7, 11) is 1.44. The molecular formula is C35H39N3O8. The van der Waals surface area contributed by atoms with Crippen molar-refractivity contribution >= 4 is 35.9 Å². The Morgan fingerprint density at radius 1 is 0.652 bits per heavy atom. The number of carbonyl (C=O) groups excluding carboxylic acids is 3. The predicted molar refractivity (Wildman–Crippen MR) is 176 cm³/mol. The van der Waals surface area contributed by atoms with Crippen molar-refractivity contribution in [1.29, 1.82) is 0 Å². The molecule has 0 aliphatic heterocycles. The van der Waals surface area contributed by atoms with E-state index in [4.69, 9.17) is 4.74 Å². The summed E-state index contributed by atoms with van der Waals surface area (Å²) >= 11 is 0. The van der Waals surface area contributed by atoms with E-state index < -0.39 is 0 Å². The van der Waals surface area contributed by atoms with Crippen molar-refractivity contribution in [2.75, 3.05) is 33.3 Å². The van der Waals surface area contributed by atoms with E-state index in [1.807, 2.05) is 0 Å². The SMILES string of the molecule is COc1cc(/C=C/C(=O)NCCCCN(CCCNC(=O)/C=C/c2ccc(O)cc2)C(=O)/C=C/c2ccc(O)c(O)c2)ccc1O. The van der Waals surface area contributed by atoms with Crippen LogP contribution in [-0.4, -0.2) is 76.3 Å². The minimum absolute atomic E-state index is 0.00986. The van der Waals surface area contributed by atoms with Crippen LogP contribution in [0.2, 0.25) is 0 Å². The number of unbranched alkanes of at least 4 members (excludes halogenated alkanes) is 1. The Labute approximate surface area is 267 Å². The maximum absolute atomic E-state index is 13.0. The summed E-state index contributed by atoms with van der Waals surface area (Å²) in [6.45, 7) is 1.53. The van der Waals surface area contributed by atoms with Gasteiger partial charge in [0.05, 0.1) is 7.11 Å². The van der Waals surface area contributed by atoms with Gasteiger partial charge in [-0.05, 0) is 90.6 Å². The van der Waals surface area contributed by atoms with Crippen LogP contribution >= 0.6 is 0 Å². The Morgan fingerprint density at radius 3 is 1.85 bits per heavy atom. The number of methoxy groups -OCH3 is 1. The maximum atomic E-state index is 13.0.